The number of benzene rings is 1. The van der Waals surface area contributed by atoms with Crippen molar-refractivity contribution < 1.29 is 14.3 Å². The maximum Gasteiger partial charge on any atom is 0.372 e. The van der Waals surface area contributed by atoms with Gasteiger partial charge in [0.1, 0.15) is 5.58 Å². The summed E-state index contributed by atoms with van der Waals surface area (Å²) in [6, 6.07) is 10.8. The lowest BCUT2D eigenvalue weighted by Gasteiger charge is -1.99. The lowest BCUT2D eigenvalue weighted by Crippen LogP contribution is -1.96. The molecule has 18 heavy (non-hydrogen) atoms. The van der Waals surface area contributed by atoms with E-state index in [9.17, 15) is 9.90 Å². The van der Waals surface area contributed by atoms with E-state index in [1.165, 1.54) is 0 Å². The number of nitrogens with zero attached hydrogens (tertiary/aromatic N) is 1. The molecule has 0 aliphatic rings. The van der Waals surface area contributed by atoms with Gasteiger partial charge in [-0.05, 0) is 12.1 Å². The molecule has 0 aliphatic carbocycles. The number of pyridine rings is 1. The lowest BCUT2D eigenvalue weighted by atomic mass is 10.0. The Morgan fingerprint density at radius 3 is 2.72 bits per heavy atom. The number of carboxylic acids is 1. The van der Waals surface area contributed by atoms with Gasteiger partial charge in [-0.1, -0.05) is 24.3 Å². The SMILES string of the molecule is O=C(O)c1oc2ccccc2c1-c1cccnc1. The highest BCUT2D eigenvalue weighted by Gasteiger charge is 2.20. The van der Waals surface area contributed by atoms with Gasteiger partial charge in [0.05, 0.1) is 0 Å². The summed E-state index contributed by atoms with van der Waals surface area (Å²) in [5, 5.41) is 9.99. The molecule has 88 valence electrons. The molecular formula is C14H9NO3. The molecule has 0 amide bonds. The van der Waals surface area contributed by atoms with Crippen LogP contribution in [0.25, 0.3) is 22.1 Å². The largest absolute Gasteiger partial charge is 0.475 e. The number of fused-ring (bicyclic) bond motifs is 1. The van der Waals surface area contributed by atoms with E-state index in [1.807, 2.05) is 24.3 Å². The Balaban J connectivity index is 2.38. The van der Waals surface area contributed by atoms with Crippen molar-refractivity contribution in [1.29, 1.82) is 0 Å². The van der Waals surface area contributed by atoms with Gasteiger partial charge < -0.3 is 9.52 Å². The molecule has 0 saturated carbocycles. The smallest absolute Gasteiger partial charge is 0.372 e. The Morgan fingerprint density at radius 2 is 2.00 bits per heavy atom. The first-order valence-electron chi connectivity index (χ1n) is 5.42. The summed E-state index contributed by atoms with van der Waals surface area (Å²) >= 11 is 0. The van der Waals surface area contributed by atoms with Crippen molar-refractivity contribution in [2.45, 2.75) is 0 Å². The van der Waals surface area contributed by atoms with Gasteiger partial charge in [-0.15, -0.1) is 0 Å². The standard InChI is InChI=1S/C14H9NO3/c16-14(17)13-12(9-4-3-7-15-8-9)10-5-1-2-6-11(10)18-13/h1-8H,(H,16,17). The van der Waals surface area contributed by atoms with Crippen LogP contribution >= 0.6 is 0 Å². The highest BCUT2D eigenvalue weighted by Crippen LogP contribution is 2.34. The van der Waals surface area contributed by atoms with Crippen LogP contribution in [0.2, 0.25) is 0 Å². The quantitative estimate of drug-likeness (QED) is 0.745. The Morgan fingerprint density at radius 1 is 1.17 bits per heavy atom. The molecule has 0 aliphatic heterocycles. The third kappa shape index (κ3) is 1.55. The molecule has 1 N–H and O–H groups in total. The molecule has 0 radical (unpaired) electrons. The molecule has 0 bridgehead atoms. The first-order chi connectivity index (χ1) is 8.77. The fraction of sp³-hybridized carbons (Fsp3) is 0. The van der Waals surface area contributed by atoms with E-state index >= 15 is 0 Å². The molecule has 0 spiro atoms. The molecule has 2 aromatic heterocycles. The Labute approximate surface area is 103 Å². The second-order valence-corrected chi connectivity index (χ2v) is 3.85. The van der Waals surface area contributed by atoms with Gasteiger partial charge in [-0.2, -0.15) is 0 Å². The maximum absolute atomic E-state index is 11.3. The highest BCUT2D eigenvalue weighted by molar-refractivity contribution is 6.05. The predicted octanol–water partition coefficient (Wildman–Crippen LogP) is 3.19. The van der Waals surface area contributed by atoms with Gasteiger partial charge >= 0.3 is 5.97 Å². The van der Waals surface area contributed by atoms with E-state index in [1.54, 1.807) is 24.5 Å². The molecule has 4 nitrogen and oxygen atoms in total. The summed E-state index contributed by atoms with van der Waals surface area (Å²) in [4.78, 5) is 15.3. The maximum atomic E-state index is 11.3. The molecule has 0 unspecified atom stereocenters. The minimum absolute atomic E-state index is 0.0517. The average Bonchev–Trinajstić information content (AvgIpc) is 2.79. The topological polar surface area (TPSA) is 63.3 Å². The van der Waals surface area contributed by atoms with Crippen molar-refractivity contribution in [1.82, 2.24) is 4.98 Å². The van der Waals surface area contributed by atoms with E-state index in [0.717, 1.165) is 10.9 Å². The van der Waals surface area contributed by atoms with Gasteiger partial charge in [0.2, 0.25) is 5.76 Å². The van der Waals surface area contributed by atoms with Crippen LogP contribution in [0.4, 0.5) is 0 Å². The zero-order chi connectivity index (χ0) is 12.5. The highest BCUT2D eigenvalue weighted by atomic mass is 16.4. The number of aromatic nitrogens is 1. The van der Waals surface area contributed by atoms with Crippen molar-refractivity contribution in [3.8, 4) is 11.1 Å². The first kappa shape index (κ1) is 10.5. The molecule has 2 heterocycles. The van der Waals surface area contributed by atoms with E-state index in [0.29, 0.717) is 11.1 Å². The summed E-state index contributed by atoms with van der Waals surface area (Å²) in [6.45, 7) is 0. The Hall–Kier alpha value is -2.62. The molecule has 1 aromatic carbocycles. The number of rotatable bonds is 2. The van der Waals surface area contributed by atoms with E-state index in [2.05, 4.69) is 4.98 Å². The van der Waals surface area contributed by atoms with Crippen molar-refractivity contribution in [2.24, 2.45) is 0 Å². The van der Waals surface area contributed by atoms with Gasteiger partial charge in [0.25, 0.3) is 0 Å². The molecule has 4 heteroatoms. The third-order valence-electron chi connectivity index (χ3n) is 2.74. The van der Waals surface area contributed by atoms with Crippen LogP contribution in [-0.4, -0.2) is 16.1 Å². The van der Waals surface area contributed by atoms with E-state index < -0.39 is 5.97 Å². The van der Waals surface area contributed by atoms with Crippen LogP contribution in [0.15, 0.2) is 53.2 Å². The third-order valence-corrected chi connectivity index (χ3v) is 2.74. The van der Waals surface area contributed by atoms with Gasteiger partial charge in [-0.3, -0.25) is 4.98 Å². The number of carbonyl (C=O) groups is 1. The van der Waals surface area contributed by atoms with Crippen LogP contribution in [-0.2, 0) is 0 Å². The first-order valence-corrected chi connectivity index (χ1v) is 5.42. The molecular weight excluding hydrogens is 230 g/mol. The molecule has 3 rings (SSSR count). The summed E-state index contributed by atoms with van der Waals surface area (Å²) in [7, 11) is 0. The zero-order valence-electron chi connectivity index (χ0n) is 9.33. The van der Waals surface area contributed by atoms with Crippen LogP contribution in [0.5, 0.6) is 0 Å². The number of hydrogen-bond donors (Lipinski definition) is 1. The molecule has 0 atom stereocenters. The van der Waals surface area contributed by atoms with Crippen molar-refractivity contribution in [3.63, 3.8) is 0 Å². The summed E-state index contributed by atoms with van der Waals surface area (Å²) < 4.78 is 5.39. The average molecular weight is 239 g/mol. The Kier molecular flexibility index (Phi) is 2.34. The van der Waals surface area contributed by atoms with Gasteiger partial charge in [0, 0.05) is 28.9 Å². The minimum Gasteiger partial charge on any atom is -0.475 e. The van der Waals surface area contributed by atoms with E-state index in [-0.39, 0.29) is 5.76 Å². The van der Waals surface area contributed by atoms with Crippen LogP contribution in [0.3, 0.4) is 0 Å². The summed E-state index contributed by atoms with van der Waals surface area (Å²) in [6.07, 6.45) is 3.27. The monoisotopic (exact) mass is 239 g/mol. The number of aromatic carboxylic acids is 1. The fourth-order valence-electron chi connectivity index (χ4n) is 1.99. The number of carboxylic acid groups (broad SMARTS) is 1. The number of para-hydroxylation sites is 1. The number of furan rings is 1. The number of hydrogen-bond acceptors (Lipinski definition) is 3. The van der Waals surface area contributed by atoms with Crippen molar-refractivity contribution in [2.75, 3.05) is 0 Å². The predicted molar refractivity (Wildman–Crippen MR) is 66.4 cm³/mol. The Bertz CT molecular complexity index is 716. The molecule has 3 aromatic rings. The van der Waals surface area contributed by atoms with Crippen LogP contribution in [0.1, 0.15) is 10.6 Å². The molecule has 0 saturated heterocycles. The molecule has 0 fully saturated rings. The fourth-order valence-corrected chi connectivity index (χ4v) is 1.99. The van der Waals surface area contributed by atoms with Crippen molar-refractivity contribution in [3.05, 3.63) is 54.6 Å². The van der Waals surface area contributed by atoms with Crippen molar-refractivity contribution >= 4 is 16.9 Å². The normalized spacial score (nSPS) is 10.7. The van der Waals surface area contributed by atoms with Crippen LogP contribution in [0, 0.1) is 0 Å². The van der Waals surface area contributed by atoms with E-state index in [4.69, 9.17) is 4.42 Å². The van der Waals surface area contributed by atoms with Crippen LogP contribution < -0.4 is 0 Å². The summed E-state index contributed by atoms with van der Waals surface area (Å²) in [5.41, 5.74) is 1.87. The summed E-state index contributed by atoms with van der Waals surface area (Å²) in [5.74, 6) is -1.13. The lowest BCUT2D eigenvalue weighted by molar-refractivity contribution is 0.0666. The van der Waals surface area contributed by atoms with Gasteiger partial charge in [-0.25, -0.2) is 4.79 Å². The second-order valence-electron chi connectivity index (χ2n) is 3.85. The second kappa shape index (κ2) is 4.00. The minimum atomic E-state index is -1.08. The zero-order valence-corrected chi connectivity index (χ0v) is 9.33. The van der Waals surface area contributed by atoms with Gasteiger partial charge in [0.15, 0.2) is 0 Å².